The fourth-order valence-electron chi connectivity index (χ4n) is 2.37. The molecule has 1 atom stereocenters. The highest BCUT2D eigenvalue weighted by Crippen LogP contribution is 2.17. The molecule has 1 heterocycles. The van der Waals surface area contributed by atoms with E-state index in [4.69, 9.17) is 0 Å². The van der Waals surface area contributed by atoms with Crippen molar-refractivity contribution >= 4 is 0 Å². The molecule has 0 saturated carbocycles. The summed E-state index contributed by atoms with van der Waals surface area (Å²) < 4.78 is 2.03. The molecule has 2 aromatic rings. The van der Waals surface area contributed by atoms with Gasteiger partial charge < -0.3 is 5.32 Å². The first-order valence-corrected chi connectivity index (χ1v) is 7.35. The molecule has 1 unspecified atom stereocenters. The average Bonchev–Trinajstić information content (AvgIpc) is 2.86. The minimum absolute atomic E-state index is 0.288. The number of aromatic nitrogens is 3. The average molecular weight is 272 g/mol. The van der Waals surface area contributed by atoms with E-state index in [2.05, 4.69) is 60.4 Å². The third-order valence-electron chi connectivity index (χ3n) is 3.27. The number of benzene rings is 1. The van der Waals surface area contributed by atoms with E-state index in [1.807, 2.05) is 10.7 Å². The second-order valence-corrected chi connectivity index (χ2v) is 5.48. The highest BCUT2D eigenvalue weighted by atomic mass is 15.3. The van der Waals surface area contributed by atoms with Crippen LogP contribution in [0.15, 0.2) is 36.7 Å². The van der Waals surface area contributed by atoms with Gasteiger partial charge in [0.1, 0.15) is 12.2 Å². The van der Waals surface area contributed by atoms with Crippen LogP contribution in [-0.4, -0.2) is 21.3 Å². The van der Waals surface area contributed by atoms with Crippen LogP contribution in [0.25, 0.3) is 0 Å². The monoisotopic (exact) mass is 272 g/mol. The zero-order chi connectivity index (χ0) is 14.4. The molecule has 0 aliphatic rings. The quantitative estimate of drug-likeness (QED) is 0.843. The lowest BCUT2D eigenvalue weighted by atomic mass is 10.0. The van der Waals surface area contributed by atoms with Crippen molar-refractivity contribution < 1.29 is 0 Å². The SMILES string of the molecule is CCNC(Cc1ncnn1CC(C)C)c1ccccc1. The Morgan fingerprint density at radius 3 is 2.60 bits per heavy atom. The highest BCUT2D eigenvalue weighted by Gasteiger charge is 2.15. The number of hydrogen-bond acceptors (Lipinski definition) is 3. The summed E-state index contributed by atoms with van der Waals surface area (Å²) in [5.74, 6) is 1.62. The van der Waals surface area contributed by atoms with Crippen molar-refractivity contribution in [3.8, 4) is 0 Å². The third-order valence-corrected chi connectivity index (χ3v) is 3.27. The molecule has 0 aliphatic heterocycles. The van der Waals surface area contributed by atoms with Crippen LogP contribution in [0.1, 0.15) is 38.2 Å². The van der Waals surface area contributed by atoms with Gasteiger partial charge in [0.05, 0.1) is 0 Å². The van der Waals surface area contributed by atoms with Crippen LogP contribution in [0.5, 0.6) is 0 Å². The van der Waals surface area contributed by atoms with Gasteiger partial charge in [-0.05, 0) is 18.0 Å². The van der Waals surface area contributed by atoms with Crippen molar-refractivity contribution in [3.05, 3.63) is 48.0 Å². The molecule has 2 rings (SSSR count). The van der Waals surface area contributed by atoms with Crippen LogP contribution >= 0.6 is 0 Å². The Morgan fingerprint density at radius 2 is 1.95 bits per heavy atom. The van der Waals surface area contributed by atoms with Gasteiger partial charge in [0, 0.05) is 19.0 Å². The van der Waals surface area contributed by atoms with E-state index in [1.165, 1.54) is 5.56 Å². The summed E-state index contributed by atoms with van der Waals surface area (Å²) >= 11 is 0. The van der Waals surface area contributed by atoms with Gasteiger partial charge >= 0.3 is 0 Å². The molecule has 4 heteroatoms. The molecule has 0 spiro atoms. The van der Waals surface area contributed by atoms with Crippen LogP contribution < -0.4 is 5.32 Å². The molecule has 108 valence electrons. The van der Waals surface area contributed by atoms with Crippen molar-refractivity contribution in [3.63, 3.8) is 0 Å². The van der Waals surface area contributed by atoms with Gasteiger partial charge in [0.25, 0.3) is 0 Å². The Morgan fingerprint density at radius 1 is 1.20 bits per heavy atom. The standard InChI is InChI=1S/C16H24N4/c1-4-17-15(14-8-6-5-7-9-14)10-16-18-12-19-20(16)11-13(2)3/h5-9,12-13,15,17H,4,10-11H2,1-3H3. The summed E-state index contributed by atoms with van der Waals surface area (Å²) in [5, 5.41) is 7.88. The second kappa shape index (κ2) is 7.20. The normalized spacial score (nSPS) is 12.8. The fraction of sp³-hybridized carbons (Fsp3) is 0.500. The number of nitrogens with one attached hydrogen (secondary N) is 1. The summed E-state index contributed by atoms with van der Waals surface area (Å²) in [6.07, 6.45) is 2.52. The molecule has 1 N–H and O–H groups in total. The zero-order valence-electron chi connectivity index (χ0n) is 12.6. The minimum Gasteiger partial charge on any atom is -0.310 e. The number of hydrogen-bond donors (Lipinski definition) is 1. The summed E-state index contributed by atoms with van der Waals surface area (Å²) in [6, 6.07) is 10.8. The topological polar surface area (TPSA) is 42.7 Å². The molecule has 0 bridgehead atoms. The van der Waals surface area contributed by atoms with E-state index in [-0.39, 0.29) is 6.04 Å². The fourth-order valence-corrected chi connectivity index (χ4v) is 2.37. The first-order chi connectivity index (χ1) is 9.70. The maximum Gasteiger partial charge on any atom is 0.138 e. The summed E-state index contributed by atoms with van der Waals surface area (Å²) in [4.78, 5) is 4.43. The second-order valence-electron chi connectivity index (χ2n) is 5.48. The molecule has 0 radical (unpaired) electrons. The van der Waals surface area contributed by atoms with Crippen molar-refractivity contribution in [2.24, 2.45) is 5.92 Å². The first kappa shape index (κ1) is 14.7. The Labute approximate surface area is 121 Å². The predicted octanol–water partition coefficient (Wildman–Crippen LogP) is 2.83. The van der Waals surface area contributed by atoms with Gasteiger partial charge in [0.2, 0.25) is 0 Å². The van der Waals surface area contributed by atoms with Crippen molar-refractivity contribution in [1.29, 1.82) is 0 Å². The van der Waals surface area contributed by atoms with Crippen LogP contribution in [0.4, 0.5) is 0 Å². The highest BCUT2D eigenvalue weighted by molar-refractivity contribution is 5.20. The number of nitrogens with zero attached hydrogens (tertiary/aromatic N) is 3. The van der Waals surface area contributed by atoms with E-state index < -0.39 is 0 Å². The van der Waals surface area contributed by atoms with Crippen LogP contribution in [0.2, 0.25) is 0 Å². The van der Waals surface area contributed by atoms with E-state index in [0.29, 0.717) is 5.92 Å². The predicted molar refractivity (Wildman–Crippen MR) is 81.4 cm³/mol. The van der Waals surface area contributed by atoms with Crippen LogP contribution in [0, 0.1) is 5.92 Å². The summed E-state index contributed by atoms with van der Waals surface area (Å²) in [7, 11) is 0. The van der Waals surface area contributed by atoms with Crippen molar-refractivity contribution in [2.45, 2.75) is 39.8 Å². The van der Waals surface area contributed by atoms with Crippen LogP contribution in [-0.2, 0) is 13.0 Å². The minimum atomic E-state index is 0.288. The Kier molecular flexibility index (Phi) is 5.30. The largest absolute Gasteiger partial charge is 0.310 e. The molecule has 1 aromatic heterocycles. The molecule has 1 aromatic carbocycles. The van der Waals surface area contributed by atoms with Crippen molar-refractivity contribution in [1.82, 2.24) is 20.1 Å². The lowest BCUT2D eigenvalue weighted by Gasteiger charge is -2.18. The van der Waals surface area contributed by atoms with Gasteiger partial charge in [-0.25, -0.2) is 9.67 Å². The van der Waals surface area contributed by atoms with E-state index in [1.54, 1.807) is 6.33 Å². The lowest BCUT2D eigenvalue weighted by Crippen LogP contribution is -2.25. The van der Waals surface area contributed by atoms with Crippen LogP contribution in [0.3, 0.4) is 0 Å². The molecular weight excluding hydrogens is 248 g/mol. The first-order valence-electron chi connectivity index (χ1n) is 7.35. The lowest BCUT2D eigenvalue weighted by molar-refractivity contribution is 0.446. The zero-order valence-corrected chi connectivity index (χ0v) is 12.6. The van der Waals surface area contributed by atoms with Gasteiger partial charge in [-0.1, -0.05) is 51.1 Å². The maximum atomic E-state index is 4.43. The molecule has 20 heavy (non-hydrogen) atoms. The smallest absolute Gasteiger partial charge is 0.138 e. The molecule has 0 saturated heterocycles. The Hall–Kier alpha value is -1.68. The van der Waals surface area contributed by atoms with Gasteiger partial charge in [-0.15, -0.1) is 0 Å². The molecule has 4 nitrogen and oxygen atoms in total. The molecular formula is C16H24N4. The summed E-state index contributed by atoms with van der Waals surface area (Å²) in [5.41, 5.74) is 1.30. The van der Waals surface area contributed by atoms with Gasteiger partial charge in [-0.3, -0.25) is 0 Å². The number of likely N-dealkylation sites (N-methyl/N-ethyl adjacent to an activating group) is 1. The van der Waals surface area contributed by atoms with E-state index >= 15 is 0 Å². The van der Waals surface area contributed by atoms with Gasteiger partial charge in [0.15, 0.2) is 0 Å². The van der Waals surface area contributed by atoms with E-state index in [9.17, 15) is 0 Å². The Balaban J connectivity index is 2.14. The maximum absolute atomic E-state index is 4.43. The molecule has 0 amide bonds. The van der Waals surface area contributed by atoms with Gasteiger partial charge in [-0.2, -0.15) is 5.10 Å². The molecule has 0 aliphatic carbocycles. The number of rotatable bonds is 7. The molecule has 0 fully saturated rings. The van der Waals surface area contributed by atoms with E-state index in [0.717, 1.165) is 25.3 Å². The summed E-state index contributed by atoms with van der Waals surface area (Å²) in [6.45, 7) is 8.39. The Bertz CT molecular complexity index is 504. The third kappa shape index (κ3) is 3.90. The van der Waals surface area contributed by atoms with Crippen molar-refractivity contribution in [2.75, 3.05) is 6.54 Å².